The van der Waals surface area contributed by atoms with Crippen LogP contribution in [0.4, 0.5) is 20.3 Å². The molecule has 27 heavy (non-hydrogen) atoms. The fourth-order valence-corrected chi connectivity index (χ4v) is 3.25. The van der Waals surface area contributed by atoms with Crippen molar-refractivity contribution in [3.8, 4) is 5.75 Å². The van der Waals surface area contributed by atoms with Gasteiger partial charge in [0, 0.05) is 5.69 Å². The van der Waals surface area contributed by atoms with Crippen LogP contribution in [0.5, 0.6) is 5.75 Å². The Kier molecular flexibility index (Phi) is 5.53. The van der Waals surface area contributed by atoms with Crippen LogP contribution in [0.25, 0.3) is 10.2 Å². The van der Waals surface area contributed by atoms with Crippen molar-refractivity contribution in [1.82, 2.24) is 9.97 Å². The number of thiophene rings is 1. The van der Waals surface area contributed by atoms with Gasteiger partial charge < -0.3 is 10.1 Å². The monoisotopic (exact) mass is 405 g/mol. The molecule has 0 aliphatic heterocycles. The molecule has 2 aromatic heterocycles. The van der Waals surface area contributed by atoms with E-state index in [0.29, 0.717) is 11.5 Å². The van der Waals surface area contributed by atoms with Gasteiger partial charge in [0.05, 0.1) is 15.8 Å². The normalized spacial score (nSPS) is 11.0. The molecule has 4 nitrogen and oxygen atoms in total. The van der Waals surface area contributed by atoms with Gasteiger partial charge in [-0.1, -0.05) is 18.2 Å². The molecule has 0 bridgehead atoms. The molecule has 138 valence electrons. The van der Waals surface area contributed by atoms with E-state index in [2.05, 4.69) is 15.3 Å². The van der Waals surface area contributed by atoms with E-state index in [1.165, 1.54) is 41.9 Å². The smallest absolute Gasteiger partial charge is 0.426 e. The quantitative estimate of drug-likeness (QED) is 0.443. The van der Waals surface area contributed by atoms with Gasteiger partial charge in [0.15, 0.2) is 5.82 Å². The molecule has 4 rings (SSSR count). The minimum absolute atomic E-state index is 0. The van der Waals surface area contributed by atoms with E-state index >= 15 is 0 Å². The number of benzene rings is 2. The van der Waals surface area contributed by atoms with Gasteiger partial charge in [-0.15, -0.1) is 23.7 Å². The van der Waals surface area contributed by atoms with Crippen LogP contribution in [0.15, 0.2) is 72.4 Å². The molecule has 8 heteroatoms. The highest BCUT2D eigenvalue weighted by Crippen LogP contribution is 2.32. The van der Waals surface area contributed by atoms with Gasteiger partial charge in [-0.3, -0.25) is 0 Å². The molecule has 0 saturated carbocycles. The van der Waals surface area contributed by atoms with Crippen molar-refractivity contribution in [3.63, 3.8) is 0 Å². The van der Waals surface area contributed by atoms with Crippen LogP contribution in [0, 0.1) is 0 Å². The number of fused-ring (bicyclic) bond motifs is 1. The Labute approximate surface area is 164 Å². The summed E-state index contributed by atoms with van der Waals surface area (Å²) in [7, 11) is 0. The number of nitrogens with zero attached hydrogens (tertiary/aromatic N) is 2. The third-order valence-corrected chi connectivity index (χ3v) is 4.63. The topological polar surface area (TPSA) is 47.0 Å². The second kappa shape index (κ2) is 7.85. The molecular weight excluding hydrogens is 392 g/mol. The van der Waals surface area contributed by atoms with E-state index in [9.17, 15) is 8.78 Å². The summed E-state index contributed by atoms with van der Waals surface area (Å²) in [6, 6.07) is 15.7. The number of nitrogens with one attached hydrogen (secondary N) is 1. The summed E-state index contributed by atoms with van der Waals surface area (Å²) in [5, 5.41) is 5.11. The van der Waals surface area contributed by atoms with Crippen LogP contribution in [0.2, 0.25) is 0 Å². The number of rotatable bonds is 5. The molecule has 0 spiro atoms. The first-order chi connectivity index (χ1) is 12.6. The number of aromatic nitrogens is 2. The molecule has 2 aromatic carbocycles. The average Bonchev–Trinajstić information content (AvgIpc) is 3.14. The van der Waals surface area contributed by atoms with Gasteiger partial charge >= 0.3 is 6.11 Å². The van der Waals surface area contributed by atoms with E-state index in [1.807, 2.05) is 11.4 Å². The Morgan fingerprint density at radius 2 is 1.67 bits per heavy atom. The number of hydrogen-bond acceptors (Lipinski definition) is 5. The lowest BCUT2D eigenvalue weighted by Crippen LogP contribution is -2.21. The second-order valence-corrected chi connectivity index (χ2v) is 6.41. The summed E-state index contributed by atoms with van der Waals surface area (Å²) >= 11 is 1.53. The first-order valence-electron chi connectivity index (χ1n) is 7.79. The minimum Gasteiger partial charge on any atom is -0.429 e. The summed E-state index contributed by atoms with van der Waals surface area (Å²) in [4.78, 5) is 8.42. The molecule has 0 fully saturated rings. The second-order valence-electron chi connectivity index (χ2n) is 5.49. The Morgan fingerprint density at radius 1 is 0.926 bits per heavy atom. The predicted octanol–water partition coefficient (Wildman–Crippen LogP) is 5.99. The summed E-state index contributed by atoms with van der Waals surface area (Å²) in [6.45, 7) is 0. The third-order valence-electron chi connectivity index (χ3n) is 3.72. The zero-order chi connectivity index (χ0) is 18.0. The Balaban J connectivity index is 0.00000210. The molecule has 0 aliphatic carbocycles. The lowest BCUT2D eigenvalue weighted by atomic mass is 10.2. The van der Waals surface area contributed by atoms with E-state index in [0.717, 1.165) is 10.2 Å². The molecular formula is C19H14ClF2N3OS. The first kappa shape index (κ1) is 19.0. The Bertz CT molecular complexity index is 1030. The van der Waals surface area contributed by atoms with Crippen molar-refractivity contribution in [1.29, 1.82) is 0 Å². The maximum Gasteiger partial charge on any atom is 0.426 e. The number of anilines is 2. The van der Waals surface area contributed by atoms with Gasteiger partial charge in [-0.2, -0.15) is 8.78 Å². The largest absolute Gasteiger partial charge is 0.429 e. The van der Waals surface area contributed by atoms with E-state index in [4.69, 9.17) is 4.74 Å². The Hall–Kier alpha value is -2.77. The van der Waals surface area contributed by atoms with Gasteiger partial charge in [0.1, 0.15) is 12.1 Å². The summed E-state index contributed by atoms with van der Waals surface area (Å²) < 4.78 is 34.1. The average molecular weight is 406 g/mol. The summed E-state index contributed by atoms with van der Waals surface area (Å²) in [5.74, 6) is 0.752. The maximum atomic E-state index is 14.2. The lowest BCUT2D eigenvalue weighted by molar-refractivity contribution is -0.185. The van der Waals surface area contributed by atoms with Gasteiger partial charge in [0.2, 0.25) is 0 Å². The molecule has 0 unspecified atom stereocenters. The van der Waals surface area contributed by atoms with E-state index < -0.39 is 6.11 Å². The molecule has 0 aliphatic rings. The first-order valence-corrected chi connectivity index (χ1v) is 8.67. The molecule has 0 saturated heterocycles. The van der Waals surface area contributed by atoms with Gasteiger partial charge in [-0.05, 0) is 47.8 Å². The number of ether oxygens (including phenoxy) is 1. The highest BCUT2D eigenvalue weighted by atomic mass is 35.5. The van der Waals surface area contributed by atoms with Crippen molar-refractivity contribution in [2.24, 2.45) is 0 Å². The SMILES string of the molecule is Cl.FC(F)(Oc1ccc(Nc2ncnc3ccsc23)cc1)c1ccccc1. The Morgan fingerprint density at radius 3 is 2.41 bits per heavy atom. The molecule has 4 aromatic rings. The van der Waals surface area contributed by atoms with Crippen molar-refractivity contribution in [3.05, 3.63) is 77.9 Å². The predicted molar refractivity (Wildman–Crippen MR) is 105 cm³/mol. The van der Waals surface area contributed by atoms with Crippen LogP contribution in [-0.2, 0) is 6.11 Å². The maximum absolute atomic E-state index is 14.2. The fraction of sp³-hybridized carbons (Fsp3) is 0.0526. The van der Waals surface area contributed by atoms with Gasteiger partial charge in [-0.25, -0.2) is 9.97 Å². The minimum atomic E-state index is -3.40. The molecule has 2 heterocycles. The summed E-state index contributed by atoms with van der Waals surface area (Å²) in [6.07, 6.45) is -1.92. The third kappa shape index (κ3) is 4.15. The molecule has 0 amide bonds. The summed E-state index contributed by atoms with van der Waals surface area (Å²) in [5.41, 5.74) is 1.38. The standard InChI is InChI=1S/C19H13F2N3OS.ClH/c20-19(21,13-4-2-1-3-5-13)25-15-8-6-14(7-9-15)24-18-17-16(10-11-26-17)22-12-23-18;/h1-12H,(H,22,23,24);1H. The van der Waals surface area contributed by atoms with Crippen molar-refractivity contribution >= 4 is 45.5 Å². The fourth-order valence-electron chi connectivity index (χ4n) is 2.46. The highest BCUT2D eigenvalue weighted by Gasteiger charge is 2.34. The zero-order valence-electron chi connectivity index (χ0n) is 13.8. The van der Waals surface area contributed by atoms with Crippen molar-refractivity contribution < 1.29 is 13.5 Å². The number of hydrogen-bond donors (Lipinski definition) is 1. The molecule has 0 atom stereocenters. The van der Waals surface area contributed by atoms with Crippen LogP contribution >= 0.6 is 23.7 Å². The van der Waals surface area contributed by atoms with Crippen LogP contribution < -0.4 is 10.1 Å². The van der Waals surface area contributed by atoms with Crippen LogP contribution in [0.1, 0.15) is 5.56 Å². The molecule has 1 N–H and O–H groups in total. The molecule has 0 radical (unpaired) electrons. The van der Waals surface area contributed by atoms with Crippen molar-refractivity contribution in [2.75, 3.05) is 5.32 Å². The highest BCUT2D eigenvalue weighted by molar-refractivity contribution is 7.17. The lowest BCUT2D eigenvalue weighted by Gasteiger charge is -2.18. The number of halogens is 3. The number of alkyl halides is 2. The van der Waals surface area contributed by atoms with E-state index in [1.54, 1.807) is 30.3 Å². The zero-order valence-corrected chi connectivity index (χ0v) is 15.4. The van der Waals surface area contributed by atoms with E-state index in [-0.39, 0.29) is 23.7 Å². The van der Waals surface area contributed by atoms with Gasteiger partial charge in [0.25, 0.3) is 0 Å². The van der Waals surface area contributed by atoms with Crippen LogP contribution in [0.3, 0.4) is 0 Å². The van der Waals surface area contributed by atoms with Crippen molar-refractivity contribution in [2.45, 2.75) is 6.11 Å². The van der Waals surface area contributed by atoms with Crippen LogP contribution in [-0.4, -0.2) is 9.97 Å².